The molecule has 29 heavy (non-hydrogen) atoms. The summed E-state index contributed by atoms with van der Waals surface area (Å²) in [5.41, 5.74) is 1.49. The zero-order valence-corrected chi connectivity index (χ0v) is 15.8. The van der Waals surface area contributed by atoms with E-state index < -0.39 is 16.7 Å². The van der Waals surface area contributed by atoms with Crippen LogP contribution < -0.4 is 5.32 Å². The number of aryl methyl sites for hydroxylation is 1. The molecule has 0 saturated carbocycles. The molecule has 4 rings (SSSR count). The summed E-state index contributed by atoms with van der Waals surface area (Å²) < 4.78 is 41.1. The third kappa shape index (κ3) is 3.31. The summed E-state index contributed by atoms with van der Waals surface area (Å²) in [4.78, 5) is 10.7. The molecular weight excluding hydrogens is 409 g/mol. The maximum absolute atomic E-state index is 13.2. The fourth-order valence-electron chi connectivity index (χ4n) is 3.39. The van der Waals surface area contributed by atoms with Gasteiger partial charge in [0.25, 0.3) is 5.69 Å². The van der Waals surface area contributed by atoms with Crippen LogP contribution in [0.2, 0.25) is 5.02 Å². The molecule has 2 heterocycles. The van der Waals surface area contributed by atoms with Crippen LogP contribution in [-0.4, -0.2) is 21.2 Å². The zero-order chi connectivity index (χ0) is 20.9. The minimum atomic E-state index is -4.51. The van der Waals surface area contributed by atoms with Crippen molar-refractivity contribution in [3.63, 3.8) is 0 Å². The minimum absolute atomic E-state index is 0.105. The highest BCUT2D eigenvalue weighted by atomic mass is 35.5. The number of fused-ring (bicyclic) bond motifs is 1. The number of non-ortho nitro benzene ring substituents is 1. The van der Waals surface area contributed by atoms with Gasteiger partial charge >= 0.3 is 6.18 Å². The number of halogens is 4. The first-order chi connectivity index (χ1) is 13.7. The Hall–Kier alpha value is -3.07. The van der Waals surface area contributed by atoms with Gasteiger partial charge in [0.1, 0.15) is 5.82 Å². The van der Waals surface area contributed by atoms with Crippen molar-refractivity contribution < 1.29 is 18.1 Å². The van der Waals surface area contributed by atoms with Gasteiger partial charge in [0, 0.05) is 29.8 Å². The summed E-state index contributed by atoms with van der Waals surface area (Å²) in [6, 6.07) is 7.49. The van der Waals surface area contributed by atoms with Gasteiger partial charge in [0.2, 0.25) is 0 Å². The number of benzene rings is 2. The summed E-state index contributed by atoms with van der Waals surface area (Å²) in [7, 11) is 0. The summed E-state index contributed by atoms with van der Waals surface area (Å²) >= 11 is 6.21. The first-order valence-corrected chi connectivity index (χ1v) is 9.03. The van der Waals surface area contributed by atoms with E-state index in [4.69, 9.17) is 11.6 Å². The molecule has 1 aliphatic heterocycles. The Bertz CT molecular complexity index is 1140. The number of hydrogen-bond donors (Lipinski definition) is 1. The lowest BCUT2D eigenvalue weighted by Gasteiger charge is -2.11. The average molecular weight is 423 g/mol. The second kappa shape index (κ2) is 6.77. The van der Waals surface area contributed by atoms with Crippen molar-refractivity contribution in [2.45, 2.75) is 19.5 Å². The van der Waals surface area contributed by atoms with E-state index in [1.807, 2.05) is 0 Å². The normalized spacial score (nSPS) is 13.3. The predicted octanol–water partition coefficient (Wildman–Crippen LogP) is 5.40. The van der Waals surface area contributed by atoms with Crippen LogP contribution in [0.3, 0.4) is 0 Å². The van der Waals surface area contributed by atoms with Crippen molar-refractivity contribution in [2.24, 2.45) is 0 Å². The summed E-state index contributed by atoms with van der Waals surface area (Å²) in [5, 5.41) is 19.0. The maximum atomic E-state index is 13.2. The lowest BCUT2D eigenvalue weighted by atomic mass is 10.0. The molecule has 10 heteroatoms. The van der Waals surface area contributed by atoms with Crippen LogP contribution in [0, 0.1) is 17.0 Å². The quantitative estimate of drug-likeness (QED) is 0.453. The molecule has 1 aromatic heterocycles. The molecule has 0 aliphatic carbocycles. The largest absolute Gasteiger partial charge is 0.416 e. The number of hydrogen-bond acceptors (Lipinski definition) is 4. The van der Waals surface area contributed by atoms with Crippen LogP contribution in [0.5, 0.6) is 0 Å². The topological polar surface area (TPSA) is 73.0 Å². The average Bonchev–Trinajstić information content (AvgIpc) is 3.24. The molecule has 150 valence electrons. The summed E-state index contributed by atoms with van der Waals surface area (Å²) in [6.45, 7) is 2.35. The standard InChI is InChI=1S/C19H14ClF3N4O2/c1-10-2-4-12(27(28)29)9-16(10)26-18-13(6-7-24-18)17(25-26)14-8-11(19(21,22)23)3-5-15(14)20/h2-5,8-9,24H,6-7H2,1H3. The predicted molar refractivity (Wildman–Crippen MR) is 103 cm³/mol. The Morgan fingerprint density at radius 3 is 2.69 bits per heavy atom. The van der Waals surface area contributed by atoms with Crippen LogP contribution in [0.1, 0.15) is 16.7 Å². The van der Waals surface area contributed by atoms with Gasteiger partial charge in [-0.05, 0) is 37.1 Å². The van der Waals surface area contributed by atoms with Crippen LogP contribution in [-0.2, 0) is 12.6 Å². The van der Waals surface area contributed by atoms with Gasteiger partial charge < -0.3 is 5.32 Å². The lowest BCUT2D eigenvalue weighted by molar-refractivity contribution is -0.384. The van der Waals surface area contributed by atoms with Gasteiger partial charge in [-0.15, -0.1) is 0 Å². The molecule has 3 aromatic rings. The molecule has 0 atom stereocenters. The van der Waals surface area contributed by atoms with Crippen LogP contribution in [0.25, 0.3) is 16.9 Å². The monoisotopic (exact) mass is 422 g/mol. The third-order valence-corrected chi connectivity index (χ3v) is 5.16. The Labute approximate surface area is 168 Å². The van der Waals surface area contributed by atoms with Gasteiger partial charge in [0.05, 0.1) is 26.9 Å². The maximum Gasteiger partial charge on any atom is 0.416 e. The highest BCUT2D eigenvalue weighted by Crippen LogP contribution is 2.41. The Morgan fingerprint density at radius 1 is 1.24 bits per heavy atom. The van der Waals surface area contributed by atoms with Crippen molar-refractivity contribution in [1.29, 1.82) is 0 Å². The number of nitro groups is 1. The number of alkyl halides is 3. The van der Waals surface area contributed by atoms with Crippen molar-refractivity contribution in [2.75, 3.05) is 11.9 Å². The molecule has 0 bridgehead atoms. The first kappa shape index (κ1) is 19.3. The van der Waals surface area contributed by atoms with Crippen LogP contribution in [0.4, 0.5) is 24.7 Å². The number of rotatable bonds is 3. The number of anilines is 1. The van der Waals surface area contributed by atoms with Gasteiger partial charge in [-0.25, -0.2) is 4.68 Å². The third-order valence-electron chi connectivity index (χ3n) is 4.83. The molecule has 1 aliphatic rings. The Kier molecular flexibility index (Phi) is 4.49. The van der Waals surface area contributed by atoms with Crippen molar-refractivity contribution in [3.8, 4) is 16.9 Å². The molecule has 0 spiro atoms. The smallest absolute Gasteiger partial charge is 0.369 e. The van der Waals surface area contributed by atoms with Gasteiger partial charge in [-0.2, -0.15) is 18.3 Å². The summed E-state index contributed by atoms with van der Waals surface area (Å²) in [5.74, 6) is 0.595. The molecule has 0 amide bonds. The van der Waals surface area contributed by atoms with Crippen molar-refractivity contribution in [3.05, 3.63) is 68.2 Å². The van der Waals surface area contributed by atoms with Crippen molar-refractivity contribution >= 4 is 23.1 Å². The first-order valence-electron chi connectivity index (χ1n) is 8.65. The van der Waals surface area contributed by atoms with E-state index in [-0.39, 0.29) is 16.3 Å². The van der Waals surface area contributed by atoms with E-state index in [1.54, 1.807) is 13.0 Å². The van der Waals surface area contributed by atoms with E-state index in [0.717, 1.165) is 23.3 Å². The molecule has 0 radical (unpaired) electrons. The SMILES string of the molecule is Cc1ccc([N+](=O)[O-])cc1-n1nc(-c2cc(C(F)(F)F)ccc2Cl)c2c1NCC2. The Balaban J connectivity index is 1.93. The minimum Gasteiger partial charge on any atom is -0.369 e. The van der Waals surface area contributed by atoms with Crippen LogP contribution in [0.15, 0.2) is 36.4 Å². The van der Waals surface area contributed by atoms with Gasteiger partial charge in [-0.3, -0.25) is 10.1 Å². The van der Waals surface area contributed by atoms with E-state index in [1.165, 1.54) is 22.9 Å². The Morgan fingerprint density at radius 2 is 2.00 bits per heavy atom. The summed E-state index contributed by atoms with van der Waals surface area (Å²) in [6.07, 6.45) is -3.97. The van der Waals surface area contributed by atoms with Gasteiger partial charge in [-0.1, -0.05) is 17.7 Å². The van der Waals surface area contributed by atoms with E-state index in [0.29, 0.717) is 30.2 Å². The zero-order valence-electron chi connectivity index (χ0n) is 15.0. The fourth-order valence-corrected chi connectivity index (χ4v) is 3.60. The fraction of sp³-hybridized carbons (Fsp3) is 0.211. The van der Waals surface area contributed by atoms with Crippen LogP contribution >= 0.6 is 11.6 Å². The van der Waals surface area contributed by atoms with E-state index in [9.17, 15) is 23.3 Å². The molecule has 0 fully saturated rings. The molecule has 1 N–H and O–H groups in total. The number of nitrogens with one attached hydrogen (secondary N) is 1. The lowest BCUT2D eigenvalue weighted by Crippen LogP contribution is -2.07. The molecule has 0 unspecified atom stereocenters. The van der Waals surface area contributed by atoms with Gasteiger partial charge in [0.15, 0.2) is 0 Å². The highest BCUT2D eigenvalue weighted by Gasteiger charge is 2.33. The highest BCUT2D eigenvalue weighted by molar-refractivity contribution is 6.33. The second-order valence-electron chi connectivity index (χ2n) is 6.68. The molecular formula is C19H14ClF3N4O2. The molecule has 6 nitrogen and oxygen atoms in total. The van der Waals surface area contributed by atoms with E-state index >= 15 is 0 Å². The van der Waals surface area contributed by atoms with Crippen molar-refractivity contribution in [1.82, 2.24) is 9.78 Å². The van der Waals surface area contributed by atoms with E-state index in [2.05, 4.69) is 10.4 Å². The number of nitro benzene ring substituents is 1. The molecule has 2 aromatic carbocycles. The second-order valence-corrected chi connectivity index (χ2v) is 7.09. The molecule has 0 saturated heterocycles. The number of nitrogens with zero attached hydrogens (tertiary/aromatic N) is 3. The number of aromatic nitrogens is 2.